The number of hydrogen-bond acceptors (Lipinski definition) is 2. The minimum Gasteiger partial charge on any atom is -0.383 e. The van der Waals surface area contributed by atoms with Gasteiger partial charge < -0.3 is 10.6 Å². The van der Waals surface area contributed by atoms with Crippen LogP contribution in [0.1, 0.15) is 90.2 Å². The molecule has 0 aliphatic carbocycles. The molecule has 2 rings (SSSR count). The van der Waals surface area contributed by atoms with Crippen LogP contribution in [-0.2, 0) is 6.42 Å². The first-order valence-corrected chi connectivity index (χ1v) is 11.8. The van der Waals surface area contributed by atoms with E-state index < -0.39 is 0 Å². The molecule has 0 aliphatic heterocycles. The van der Waals surface area contributed by atoms with Crippen molar-refractivity contribution in [3.63, 3.8) is 0 Å². The fourth-order valence-electron chi connectivity index (χ4n) is 3.79. The van der Waals surface area contributed by atoms with Gasteiger partial charge in [0.2, 0.25) is 0 Å². The van der Waals surface area contributed by atoms with Crippen LogP contribution in [0.5, 0.6) is 0 Å². The highest BCUT2D eigenvalue weighted by atomic mass is 14.9. The van der Waals surface area contributed by atoms with E-state index in [1.165, 1.54) is 73.9 Å². The minimum absolute atomic E-state index is 0.539. The summed E-state index contributed by atoms with van der Waals surface area (Å²) in [7, 11) is 0. The third-order valence-corrected chi connectivity index (χ3v) is 5.62. The van der Waals surface area contributed by atoms with Crippen LogP contribution in [-0.4, -0.2) is 12.1 Å². The predicted molar refractivity (Wildman–Crippen MR) is 130 cm³/mol. The predicted octanol–water partition coefficient (Wildman–Crippen LogP) is 8.04. The molecular weight excluding hydrogens is 352 g/mol. The molecule has 0 bridgehead atoms. The molecule has 2 N–H and O–H groups in total. The molecule has 0 spiro atoms. The van der Waals surface area contributed by atoms with E-state index in [0.29, 0.717) is 12.1 Å². The van der Waals surface area contributed by atoms with E-state index in [4.69, 9.17) is 0 Å². The fourth-order valence-corrected chi connectivity index (χ4v) is 3.79. The van der Waals surface area contributed by atoms with Crippen LogP contribution in [0, 0.1) is 0 Å². The van der Waals surface area contributed by atoms with E-state index in [0.717, 1.165) is 6.42 Å². The maximum Gasteiger partial charge on any atom is 0.0342 e. The van der Waals surface area contributed by atoms with Crippen molar-refractivity contribution in [3.8, 4) is 0 Å². The van der Waals surface area contributed by atoms with Crippen LogP contribution in [0.25, 0.3) is 0 Å². The lowest BCUT2D eigenvalue weighted by atomic mass is 10.0. The lowest BCUT2D eigenvalue weighted by Gasteiger charge is -2.16. The molecule has 0 saturated carbocycles. The van der Waals surface area contributed by atoms with Crippen LogP contribution >= 0.6 is 0 Å². The zero-order valence-electron chi connectivity index (χ0n) is 19.1. The smallest absolute Gasteiger partial charge is 0.0342 e. The van der Waals surface area contributed by atoms with Crippen LogP contribution in [0.2, 0.25) is 0 Å². The second-order valence-electron chi connectivity index (χ2n) is 8.65. The monoisotopic (exact) mass is 394 g/mol. The molecule has 29 heavy (non-hydrogen) atoms. The molecule has 0 amide bonds. The van der Waals surface area contributed by atoms with Gasteiger partial charge in [-0.1, -0.05) is 76.6 Å². The molecule has 2 nitrogen and oxygen atoms in total. The second kappa shape index (κ2) is 13.3. The van der Waals surface area contributed by atoms with Gasteiger partial charge >= 0.3 is 0 Å². The van der Waals surface area contributed by atoms with Gasteiger partial charge in [0, 0.05) is 23.5 Å². The van der Waals surface area contributed by atoms with Crippen molar-refractivity contribution in [1.82, 2.24) is 0 Å². The first-order valence-electron chi connectivity index (χ1n) is 11.8. The zero-order valence-corrected chi connectivity index (χ0v) is 19.1. The lowest BCUT2D eigenvalue weighted by molar-refractivity contribution is 0.615. The van der Waals surface area contributed by atoms with Crippen LogP contribution in [0.15, 0.2) is 48.5 Å². The van der Waals surface area contributed by atoms with Crippen molar-refractivity contribution < 1.29 is 0 Å². The Labute approximate surface area is 179 Å². The lowest BCUT2D eigenvalue weighted by Crippen LogP contribution is -2.14. The summed E-state index contributed by atoms with van der Waals surface area (Å²) >= 11 is 0. The van der Waals surface area contributed by atoms with Gasteiger partial charge in [-0.05, 0) is 68.5 Å². The van der Waals surface area contributed by atoms with Gasteiger partial charge in [0.1, 0.15) is 0 Å². The summed E-state index contributed by atoms with van der Waals surface area (Å²) in [5.74, 6) is 0. The summed E-state index contributed by atoms with van der Waals surface area (Å²) in [6.45, 7) is 9.08. The Kier molecular flexibility index (Phi) is 10.7. The molecule has 0 aliphatic rings. The van der Waals surface area contributed by atoms with Gasteiger partial charge in [-0.2, -0.15) is 0 Å². The molecule has 0 radical (unpaired) electrons. The average Bonchev–Trinajstić information content (AvgIpc) is 2.71. The minimum atomic E-state index is 0.539. The Hall–Kier alpha value is -1.96. The quantitative estimate of drug-likeness (QED) is 0.317. The maximum atomic E-state index is 3.63. The largest absolute Gasteiger partial charge is 0.383 e. The third kappa shape index (κ3) is 9.39. The maximum absolute atomic E-state index is 3.63. The van der Waals surface area contributed by atoms with Crippen LogP contribution in [0.3, 0.4) is 0 Å². The fraction of sp³-hybridized carbons (Fsp3) is 0.556. The number of rotatable bonds is 14. The van der Waals surface area contributed by atoms with Crippen molar-refractivity contribution >= 4 is 11.4 Å². The van der Waals surface area contributed by atoms with Gasteiger partial charge in [0.15, 0.2) is 0 Å². The summed E-state index contributed by atoms with van der Waals surface area (Å²) in [6.07, 6.45) is 11.3. The standard InChI is InChI=1S/C27H42N2/c1-5-7-9-11-22(3)28-26-17-13-24(14-18-26)21-25-15-19-27(20-16-25)29-23(4)12-10-8-6-2/h13-20,22-23,28-29H,5-12,21H2,1-4H3. The Bertz CT molecular complexity index is 600. The molecule has 2 atom stereocenters. The molecule has 0 fully saturated rings. The topological polar surface area (TPSA) is 24.1 Å². The van der Waals surface area contributed by atoms with Gasteiger partial charge in [-0.3, -0.25) is 0 Å². The highest BCUT2D eigenvalue weighted by Gasteiger charge is 2.04. The van der Waals surface area contributed by atoms with Crippen molar-refractivity contribution in [3.05, 3.63) is 59.7 Å². The van der Waals surface area contributed by atoms with Gasteiger partial charge in [-0.15, -0.1) is 0 Å². The van der Waals surface area contributed by atoms with E-state index in [1.807, 2.05) is 0 Å². The molecule has 160 valence electrons. The van der Waals surface area contributed by atoms with Crippen LogP contribution in [0.4, 0.5) is 11.4 Å². The van der Waals surface area contributed by atoms with E-state index >= 15 is 0 Å². The normalized spacial score (nSPS) is 13.1. The molecule has 2 aromatic carbocycles. The van der Waals surface area contributed by atoms with E-state index in [9.17, 15) is 0 Å². The first kappa shape index (κ1) is 23.3. The molecule has 0 heterocycles. The van der Waals surface area contributed by atoms with Crippen molar-refractivity contribution in [2.24, 2.45) is 0 Å². The first-order chi connectivity index (χ1) is 14.1. The summed E-state index contributed by atoms with van der Waals surface area (Å²) in [6, 6.07) is 19.0. The number of benzene rings is 2. The summed E-state index contributed by atoms with van der Waals surface area (Å²) in [5.41, 5.74) is 5.19. The summed E-state index contributed by atoms with van der Waals surface area (Å²) < 4.78 is 0. The number of hydrogen-bond donors (Lipinski definition) is 2. The third-order valence-electron chi connectivity index (χ3n) is 5.62. The molecule has 2 aromatic rings. The van der Waals surface area contributed by atoms with Gasteiger partial charge in [-0.25, -0.2) is 0 Å². The molecule has 2 unspecified atom stereocenters. The summed E-state index contributed by atoms with van der Waals surface area (Å²) in [5, 5.41) is 7.25. The zero-order chi connectivity index (χ0) is 20.9. The Morgan fingerprint density at radius 2 is 0.966 bits per heavy atom. The van der Waals surface area contributed by atoms with Crippen molar-refractivity contribution in [2.45, 2.75) is 97.6 Å². The summed E-state index contributed by atoms with van der Waals surface area (Å²) in [4.78, 5) is 0. The Morgan fingerprint density at radius 1 is 0.586 bits per heavy atom. The highest BCUT2D eigenvalue weighted by molar-refractivity contribution is 5.48. The van der Waals surface area contributed by atoms with E-state index in [-0.39, 0.29) is 0 Å². The highest BCUT2D eigenvalue weighted by Crippen LogP contribution is 2.18. The number of unbranched alkanes of at least 4 members (excludes halogenated alkanes) is 4. The second-order valence-corrected chi connectivity index (χ2v) is 8.65. The van der Waals surface area contributed by atoms with E-state index in [2.05, 4.69) is 86.9 Å². The van der Waals surface area contributed by atoms with Crippen molar-refractivity contribution in [2.75, 3.05) is 10.6 Å². The number of nitrogens with one attached hydrogen (secondary N) is 2. The average molecular weight is 395 g/mol. The molecule has 2 heteroatoms. The Morgan fingerprint density at radius 3 is 1.31 bits per heavy atom. The van der Waals surface area contributed by atoms with Gasteiger partial charge in [0.05, 0.1) is 0 Å². The van der Waals surface area contributed by atoms with Crippen molar-refractivity contribution in [1.29, 1.82) is 0 Å². The van der Waals surface area contributed by atoms with E-state index in [1.54, 1.807) is 0 Å². The Balaban J connectivity index is 1.79. The SMILES string of the molecule is CCCCCC(C)Nc1ccc(Cc2ccc(NC(C)CCCCC)cc2)cc1. The molecule has 0 saturated heterocycles. The van der Waals surface area contributed by atoms with Crippen LogP contribution < -0.4 is 10.6 Å². The van der Waals surface area contributed by atoms with Gasteiger partial charge in [0.25, 0.3) is 0 Å². The molecular formula is C27H42N2. The molecule has 0 aromatic heterocycles. The number of anilines is 2.